The molecule has 1 aliphatic rings. The summed E-state index contributed by atoms with van der Waals surface area (Å²) in [6.45, 7) is 2.21. The van der Waals surface area contributed by atoms with Crippen molar-refractivity contribution < 1.29 is 9.90 Å². The van der Waals surface area contributed by atoms with E-state index in [1.807, 2.05) is 0 Å². The van der Waals surface area contributed by atoms with Crippen molar-refractivity contribution in [3.05, 3.63) is 18.0 Å². The van der Waals surface area contributed by atoms with Crippen LogP contribution >= 0.6 is 0 Å². The van der Waals surface area contributed by atoms with Crippen molar-refractivity contribution in [2.75, 3.05) is 5.32 Å². The molecule has 0 radical (unpaired) electrons. The van der Waals surface area contributed by atoms with Crippen molar-refractivity contribution in [3.63, 3.8) is 0 Å². The van der Waals surface area contributed by atoms with E-state index in [0.717, 1.165) is 6.42 Å². The van der Waals surface area contributed by atoms with Crippen molar-refractivity contribution in [1.29, 1.82) is 0 Å². The first kappa shape index (κ1) is 11.8. The van der Waals surface area contributed by atoms with Crippen LogP contribution in [0.2, 0.25) is 0 Å². The number of hydrogen-bond acceptors (Lipinski definition) is 4. The summed E-state index contributed by atoms with van der Waals surface area (Å²) in [6.07, 6.45) is 6.26. The van der Waals surface area contributed by atoms with Gasteiger partial charge in [-0.3, -0.25) is 0 Å². The quantitative estimate of drug-likeness (QED) is 0.839. The smallest absolute Gasteiger partial charge is 0.354 e. The molecule has 2 unspecified atom stereocenters. The summed E-state index contributed by atoms with van der Waals surface area (Å²) in [5.74, 6) is -0.0170. The average molecular weight is 235 g/mol. The van der Waals surface area contributed by atoms with Crippen LogP contribution in [0.3, 0.4) is 0 Å². The van der Waals surface area contributed by atoms with Gasteiger partial charge in [0, 0.05) is 12.2 Å². The minimum atomic E-state index is -1.02. The third-order valence-corrected chi connectivity index (χ3v) is 3.30. The van der Waals surface area contributed by atoms with E-state index in [4.69, 9.17) is 5.11 Å². The number of carbonyl (C=O) groups is 1. The van der Waals surface area contributed by atoms with Crippen LogP contribution in [-0.2, 0) is 0 Å². The van der Waals surface area contributed by atoms with Gasteiger partial charge in [0.2, 0.25) is 5.95 Å². The molecule has 1 aliphatic carbocycles. The predicted molar refractivity (Wildman–Crippen MR) is 64.0 cm³/mol. The molecular formula is C12H17N3O2. The minimum Gasteiger partial charge on any atom is -0.477 e. The van der Waals surface area contributed by atoms with Gasteiger partial charge in [-0.2, -0.15) is 0 Å². The molecular weight excluding hydrogens is 218 g/mol. The second kappa shape index (κ2) is 5.12. The highest BCUT2D eigenvalue weighted by atomic mass is 16.4. The summed E-state index contributed by atoms with van der Waals surface area (Å²) < 4.78 is 0. The summed E-state index contributed by atoms with van der Waals surface area (Å²) in [6, 6.07) is 1.76. The number of nitrogens with zero attached hydrogens (tertiary/aromatic N) is 2. The zero-order valence-corrected chi connectivity index (χ0v) is 9.89. The van der Waals surface area contributed by atoms with Gasteiger partial charge in [0.15, 0.2) is 5.69 Å². The highest BCUT2D eigenvalue weighted by Gasteiger charge is 2.21. The Morgan fingerprint density at radius 1 is 1.47 bits per heavy atom. The molecule has 2 N–H and O–H groups in total. The Hall–Kier alpha value is -1.65. The third kappa shape index (κ3) is 2.93. The van der Waals surface area contributed by atoms with Crippen LogP contribution in [0.4, 0.5) is 5.95 Å². The van der Waals surface area contributed by atoms with Gasteiger partial charge in [-0.1, -0.05) is 19.8 Å². The van der Waals surface area contributed by atoms with E-state index in [1.54, 1.807) is 0 Å². The fourth-order valence-corrected chi connectivity index (χ4v) is 2.24. The molecule has 1 saturated carbocycles. The van der Waals surface area contributed by atoms with Crippen molar-refractivity contribution in [3.8, 4) is 0 Å². The highest BCUT2D eigenvalue weighted by molar-refractivity contribution is 5.85. The second-order valence-corrected chi connectivity index (χ2v) is 4.58. The summed E-state index contributed by atoms with van der Waals surface area (Å²) in [4.78, 5) is 18.8. The van der Waals surface area contributed by atoms with Gasteiger partial charge < -0.3 is 10.4 Å². The lowest BCUT2D eigenvalue weighted by Gasteiger charge is -2.29. The molecule has 2 rings (SSSR count). The number of aromatic carboxylic acids is 1. The predicted octanol–water partition coefficient (Wildman–Crippen LogP) is 2.17. The van der Waals surface area contributed by atoms with Crippen molar-refractivity contribution in [2.45, 2.75) is 38.6 Å². The van der Waals surface area contributed by atoms with Crippen LogP contribution in [-0.4, -0.2) is 27.1 Å². The molecule has 17 heavy (non-hydrogen) atoms. The number of aromatic nitrogens is 2. The molecule has 5 heteroatoms. The molecule has 5 nitrogen and oxygen atoms in total. The van der Waals surface area contributed by atoms with Crippen LogP contribution in [0.5, 0.6) is 0 Å². The average Bonchev–Trinajstić information content (AvgIpc) is 2.32. The zero-order chi connectivity index (χ0) is 12.3. The van der Waals surface area contributed by atoms with Gasteiger partial charge in [0.05, 0.1) is 0 Å². The largest absolute Gasteiger partial charge is 0.477 e. The number of anilines is 1. The molecule has 1 aromatic rings. The molecule has 0 saturated heterocycles. The van der Waals surface area contributed by atoms with E-state index in [2.05, 4.69) is 22.2 Å². The third-order valence-electron chi connectivity index (χ3n) is 3.30. The Balaban J connectivity index is 2.07. The first-order valence-electron chi connectivity index (χ1n) is 5.99. The van der Waals surface area contributed by atoms with Gasteiger partial charge in [0.1, 0.15) is 0 Å². The molecule has 0 aromatic carbocycles. The normalized spacial score (nSPS) is 24.3. The maximum absolute atomic E-state index is 10.8. The molecule has 1 aromatic heterocycles. The number of rotatable bonds is 3. The Morgan fingerprint density at radius 2 is 2.24 bits per heavy atom. The molecule has 1 fully saturated rings. The molecule has 0 spiro atoms. The lowest BCUT2D eigenvalue weighted by molar-refractivity contribution is 0.0690. The first-order valence-corrected chi connectivity index (χ1v) is 5.99. The summed E-state index contributed by atoms with van der Waals surface area (Å²) >= 11 is 0. The van der Waals surface area contributed by atoms with E-state index in [0.29, 0.717) is 17.9 Å². The van der Waals surface area contributed by atoms with Crippen molar-refractivity contribution in [1.82, 2.24) is 9.97 Å². The molecule has 0 amide bonds. The van der Waals surface area contributed by atoms with Crippen LogP contribution < -0.4 is 5.32 Å². The molecule has 2 atom stereocenters. The number of carboxylic acids is 1. The molecule has 1 heterocycles. The lowest BCUT2D eigenvalue weighted by Crippen LogP contribution is -2.31. The zero-order valence-electron chi connectivity index (χ0n) is 9.89. The lowest BCUT2D eigenvalue weighted by atomic mass is 9.86. The SMILES string of the molecule is CC1CCCCC1Nc1nccc(C(=O)O)n1. The van der Waals surface area contributed by atoms with Crippen LogP contribution in [0, 0.1) is 5.92 Å². The number of nitrogens with one attached hydrogen (secondary N) is 1. The Labute approximate surface area is 100 Å². The topological polar surface area (TPSA) is 75.1 Å². The van der Waals surface area contributed by atoms with Crippen molar-refractivity contribution >= 4 is 11.9 Å². The van der Waals surface area contributed by atoms with Crippen LogP contribution in [0.1, 0.15) is 43.1 Å². The van der Waals surface area contributed by atoms with E-state index in [9.17, 15) is 4.79 Å². The van der Waals surface area contributed by atoms with E-state index >= 15 is 0 Å². The maximum atomic E-state index is 10.8. The Morgan fingerprint density at radius 3 is 2.94 bits per heavy atom. The van der Waals surface area contributed by atoms with Gasteiger partial charge in [-0.25, -0.2) is 14.8 Å². The maximum Gasteiger partial charge on any atom is 0.354 e. The second-order valence-electron chi connectivity index (χ2n) is 4.58. The highest BCUT2D eigenvalue weighted by Crippen LogP contribution is 2.25. The first-order chi connectivity index (χ1) is 8.16. The summed E-state index contributed by atoms with van der Waals surface area (Å²) in [7, 11) is 0. The van der Waals surface area contributed by atoms with Gasteiger partial charge in [-0.05, 0) is 24.8 Å². The van der Waals surface area contributed by atoms with Gasteiger partial charge in [-0.15, -0.1) is 0 Å². The minimum absolute atomic E-state index is 0.0333. The van der Waals surface area contributed by atoms with Crippen LogP contribution in [0.15, 0.2) is 12.3 Å². The fraction of sp³-hybridized carbons (Fsp3) is 0.583. The standard InChI is InChI=1S/C12H17N3O2/c1-8-4-2-3-5-9(8)14-12-13-7-6-10(15-12)11(16)17/h6-9H,2-5H2,1H3,(H,16,17)(H,13,14,15). The fourth-order valence-electron chi connectivity index (χ4n) is 2.24. The molecule has 0 aliphatic heterocycles. The Bertz CT molecular complexity index is 408. The van der Waals surface area contributed by atoms with E-state index < -0.39 is 5.97 Å². The molecule has 92 valence electrons. The number of hydrogen-bond donors (Lipinski definition) is 2. The molecule has 0 bridgehead atoms. The monoisotopic (exact) mass is 235 g/mol. The summed E-state index contributed by atoms with van der Waals surface area (Å²) in [5, 5.41) is 12.1. The van der Waals surface area contributed by atoms with Crippen LogP contribution in [0.25, 0.3) is 0 Å². The Kier molecular flexibility index (Phi) is 3.56. The number of carboxylic acid groups (broad SMARTS) is 1. The summed E-state index contributed by atoms with van der Waals surface area (Å²) in [5.41, 5.74) is 0.0333. The van der Waals surface area contributed by atoms with Crippen molar-refractivity contribution in [2.24, 2.45) is 5.92 Å². The van der Waals surface area contributed by atoms with E-state index in [-0.39, 0.29) is 5.69 Å². The van der Waals surface area contributed by atoms with Gasteiger partial charge >= 0.3 is 5.97 Å². The van der Waals surface area contributed by atoms with E-state index in [1.165, 1.54) is 31.5 Å². The van der Waals surface area contributed by atoms with Gasteiger partial charge in [0.25, 0.3) is 0 Å².